The lowest BCUT2D eigenvalue weighted by molar-refractivity contribution is 0.469. The average Bonchev–Trinajstić information content (AvgIpc) is 3.24. The third-order valence-electron chi connectivity index (χ3n) is 13.8. The van der Waals surface area contributed by atoms with Gasteiger partial charge in [0, 0.05) is 33.9 Å². The number of ether oxygens (including phenoxy) is 2. The summed E-state index contributed by atoms with van der Waals surface area (Å²) in [6.07, 6.45) is 0. The third kappa shape index (κ3) is 6.12. The van der Waals surface area contributed by atoms with Gasteiger partial charge in [-0.25, -0.2) is 0 Å². The van der Waals surface area contributed by atoms with Gasteiger partial charge in [-0.15, -0.1) is 0 Å². The fraction of sp³-hybridized carbons (Fsp3) is 0.276. The molecular formula is C58H58BN3O2. The van der Waals surface area contributed by atoms with Crippen LogP contribution >= 0.6 is 0 Å². The normalized spacial score (nSPS) is 14.7. The van der Waals surface area contributed by atoms with Crippen molar-refractivity contribution < 1.29 is 9.47 Å². The highest BCUT2D eigenvalue weighted by molar-refractivity contribution is 6.94. The Morgan fingerprint density at radius 1 is 0.406 bits per heavy atom. The molecule has 0 bridgehead atoms. The maximum atomic E-state index is 7.36. The van der Waals surface area contributed by atoms with Crippen molar-refractivity contribution in [2.45, 2.75) is 105 Å². The zero-order valence-electron chi connectivity index (χ0n) is 39.4. The van der Waals surface area contributed by atoms with E-state index in [9.17, 15) is 0 Å². The number of hydrogen-bond donors (Lipinski definition) is 0. The van der Waals surface area contributed by atoms with Gasteiger partial charge in [-0.1, -0.05) is 144 Å². The van der Waals surface area contributed by atoms with Crippen LogP contribution in [0.5, 0.6) is 23.0 Å². The van der Waals surface area contributed by atoms with Crippen LogP contribution in [0.1, 0.15) is 105 Å². The van der Waals surface area contributed by atoms with Gasteiger partial charge in [0.25, 0.3) is 0 Å². The highest BCUT2D eigenvalue weighted by Crippen LogP contribution is 2.62. The molecule has 6 heteroatoms. The van der Waals surface area contributed by atoms with E-state index < -0.39 is 0 Å². The molecule has 4 aliphatic heterocycles. The molecule has 0 N–H and O–H groups in total. The molecule has 11 rings (SSSR count). The Kier molecular flexibility index (Phi) is 8.56. The number of hydrogen-bond acceptors (Lipinski definition) is 5. The van der Waals surface area contributed by atoms with Crippen LogP contribution in [0.25, 0.3) is 11.1 Å². The Balaban J connectivity index is 1.31. The van der Waals surface area contributed by atoms with E-state index in [4.69, 9.17) is 9.47 Å². The summed E-state index contributed by atoms with van der Waals surface area (Å²) in [4.78, 5) is 7.54. The van der Waals surface area contributed by atoms with Gasteiger partial charge in [0.2, 0.25) is 0 Å². The minimum atomic E-state index is -0.203. The molecule has 0 saturated heterocycles. The first kappa shape index (κ1) is 40.4. The molecule has 0 spiro atoms. The second-order valence-electron chi connectivity index (χ2n) is 22.4. The van der Waals surface area contributed by atoms with Gasteiger partial charge in [0.15, 0.2) is 17.2 Å². The molecular weight excluding hydrogens is 781 g/mol. The van der Waals surface area contributed by atoms with E-state index in [2.05, 4.69) is 231 Å². The SMILES string of the molecule is CC(C)(C)c1ccc(N2c3cc(C(C)(C)C)ccc3B3c4c2cc2c(c4-c4cc(C(C)(C)C)cc5c4N3c3ccc(C(C)(C)C)cc3O5)Oc3ccccc3N2c2ccccc2)cc1. The van der Waals surface area contributed by atoms with Crippen molar-refractivity contribution >= 4 is 63.3 Å². The van der Waals surface area contributed by atoms with Gasteiger partial charge in [0.1, 0.15) is 5.75 Å². The van der Waals surface area contributed by atoms with Crippen LogP contribution < -0.4 is 35.0 Å². The summed E-state index contributed by atoms with van der Waals surface area (Å²) in [6, 6.07) is 49.7. The van der Waals surface area contributed by atoms with E-state index >= 15 is 0 Å². The summed E-state index contributed by atoms with van der Waals surface area (Å²) in [5.74, 6) is 3.43. The second kappa shape index (κ2) is 13.6. The van der Waals surface area contributed by atoms with E-state index in [-0.39, 0.29) is 28.5 Å². The number of nitrogens with zero attached hydrogens (tertiary/aromatic N) is 3. The van der Waals surface area contributed by atoms with Gasteiger partial charge in [-0.05, 0) is 128 Å². The predicted octanol–water partition coefficient (Wildman–Crippen LogP) is 15.3. The molecule has 5 nitrogen and oxygen atoms in total. The standard InChI is InChI=1S/C58H58BN3O2/c1-55(2,3)35-22-26-40(27-23-35)61-45-31-36(56(4,5)6)24-28-42(45)59-52-46(61)34-47-54(64-48-21-17-16-20-43(48)60(47)39-18-14-13-15-19-39)51(52)41-30-38(58(10,11)12)33-50-53(41)62(59)44-29-25-37(57(7,8)9)32-49(44)63-50/h13-34H,1-12H3. The van der Waals surface area contributed by atoms with Gasteiger partial charge in [-0.2, -0.15) is 0 Å². The first-order valence-electron chi connectivity index (χ1n) is 23.0. The van der Waals surface area contributed by atoms with Crippen LogP contribution in [0.4, 0.5) is 45.5 Å². The lowest BCUT2D eigenvalue weighted by atomic mass is 9.43. The van der Waals surface area contributed by atoms with Crippen molar-refractivity contribution in [3.63, 3.8) is 0 Å². The van der Waals surface area contributed by atoms with E-state index in [1.807, 2.05) is 0 Å². The molecule has 0 radical (unpaired) electrons. The maximum absolute atomic E-state index is 7.36. The lowest BCUT2D eigenvalue weighted by Crippen LogP contribution is -2.62. The molecule has 320 valence electrons. The van der Waals surface area contributed by atoms with E-state index in [1.165, 1.54) is 38.9 Å². The molecule has 0 amide bonds. The molecule has 0 aromatic heterocycles. The number of rotatable bonds is 2. The van der Waals surface area contributed by atoms with E-state index in [0.717, 1.165) is 73.9 Å². The molecule has 0 atom stereocenters. The monoisotopic (exact) mass is 839 g/mol. The molecule has 7 aromatic carbocycles. The van der Waals surface area contributed by atoms with Gasteiger partial charge < -0.3 is 24.1 Å². The maximum Gasteiger partial charge on any atom is 0.333 e. The van der Waals surface area contributed by atoms with Crippen LogP contribution in [0.3, 0.4) is 0 Å². The van der Waals surface area contributed by atoms with Crippen molar-refractivity contribution in [1.82, 2.24) is 0 Å². The molecule has 0 aliphatic carbocycles. The van der Waals surface area contributed by atoms with Gasteiger partial charge in [0.05, 0.1) is 22.7 Å². The molecule has 0 fully saturated rings. The van der Waals surface area contributed by atoms with Crippen molar-refractivity contribution in [1.29, 1.82) is 0 Å². The smallest absolute Gasteiger partial charge is 0.333 e. The minimum Gasteiger partial charge on any atom is -0.453 e. The number of anilines is 8. The van der Waals surface area contributed by atoms with Crippen LogP contribution in [0.2, 0.25) is 0 Å². The quantitative estimate of drug-likeness (QED) is 0.162. The van der Waals surface area contributed by atoms with E-state index in [0.29, 0.717) is 0 Å². The largest absolute Gasteiger partial charge is 0.453 e. The van der Waals surface area contributed by atoms with Crippen molar-refractivity contribution in [2.75, 3.05) is 14.6 Å². The Bertz CT molecular complexity index is 3050. The lowest BCUT2D eigenvalue weighted by Gasteiger charge is -2.49. The number of fused-ring (bicyclic) bond motifs is 9. The van der Waals surface area contributed by atoms with E-state index in [1.54, 1.807) is 0 Å². The summed E-state index contributed by atoms with van der Waals surface area (Å²) in [6.45, 7) is 27.3. The summed E-state index contributed by atoms with van der Waals surface area (Å²) in [7, 11) is 0. The van der Waals surface area contributed by atoms with Crippen molar-refractivity contribution in [3.8, 4) is 34.1 Å². The zero-order valence-corrected chi connectivity index (χ0v) is 39.4. The molecule has 0 saturated carbocycles. The Hall–Kier alpha value is -6.40. The predicted molar refractivity (Wildman–Crippen MR) is 270 cm³/mol. The van der Waals surface area contributed by atoms with Crippen molar-refractivity contribution in [3.05, 3.63) is 156 Å². The topological polar surface area (TPSA) is 28.2 Å². The summed E-state index contributed by atoms with van der Waals surface area (Å²) in [5, 5.41) is 0. The highest BCUT2D eigenvalue weighted by Gasteiger charge is 2.51. The summed E-state index contributed by atoms with van der Waals surface area (Å²) < 4.78 is 14.6. The fourth-order valence-electron chi connectivity index (χ4n) is 10.2. The van der Waals surface area contributed by atoms with Crippen LogP contribution in [0, 0.1) is 0 Å². The molecule has 4 aliphatic rings. The van der Waals surface area contributed by atoms with Crippen LogP contribution in [-0.4, -0.2) is 6.85 Å². The first-order chi connectivity index (χ1) is 30.3. The first-order valence-corrected chi connectivity index (χ1v) is 23.0. The minimum absolute atomic E-state index is 0.0114. The number of benzene rings is 7. The average molecular weight is 840 g/mol. The molecule has 64 heavy (non-hydrogen) atoms. The van der Waals surface area contributed by atoms with Crippen LogP contribution in [-0.2, 0) is 21.7 Å². The molecule has 4 heterocycles. The van der Waals surface area contributed by atoms with Gasteiger partial charge in [-0.3, -0.25) is 0 Å². The third-order valence-corrected chi connectivity index (χ3v) is 13.8. The highest BCUT2D eigenvalue weighted by atomic mass is 16.5. The second-order valence-corrected chi connectivity index (χ2v) is 22.4. The van der Waals surface area contributed by atoms with Gasteiger partial charge >= 0.3 is 6.85 Å². The molecule has 0 unspecified atom stereocenters. The molecule has 7 aromatic rings. The fourth-order valence-corrected chi connectivity index (χ4v) is 10.2. The van der Waals surface area contributed by atoms with Crippen molar-refractivity contribution in [2.24, 2.45) is 0 Å². The Morgan fingerprint density at radius 3 is 1.67 bits per heavy atom. The summed E-state index contributed by atoms with van der Waals surface area (Å²) >= 11 is 0. The summed E-state index contributed by atoms with van der Waals surface area (Å²) in [5.41, 5.74) is 18.1. The van der Waals surface area contributed by atoms with Crippen LogP contribution in [0.15, 0.2) is 133 Å². The Labute approximate surface area is 380 Å². The zero-order chi connectivity index (χ0) is 44.8. The number of para-hydroxylation sites is 3. The Morgan fingerprint density at radius 2 is 0.984 bits per heavy atom.